The van der Waals surface area contributed by atoms with E-state index in [1.54, 1.807) is 0 Å². The highest BCUT2D eigenvalue weighted by atomic mass is 79.9. The quantitative estimate of drug-likeness (QED) is 0.500. The second-order valence-electron chi connectivity index (χ2n) is 4.55. The molecule has 110 valence electrons. The van der Waals surface area contributed by atoms with E-state index in [9.17, 15) is 14.9 Å². The van der Waals surface area contributed by atoms with Gasteiger partial charge in [0, 0.05) is 18.5 Å². The number of rotatable bonds is 5. The maximum absolute atomic E-state index is 12.1. The number of hydrogen-bond acceptors (Lipinski definition) is 4. The van der Waals surface area contributed by atoms with Crippen molar-refractivity contribution in [1.29, 1.82) is 0 Å². The summed E-state index contributed by atoms with van der Waals surface area (Å²) in [4.78, 5) is 22.5. The molecular formula is C14H13BrN2O3S. The molecular weight excluding hydrogens is 356 g/mol. The fourth-order valence-electron chi connectivity index (χ4n) is 2.05. The van der Waals surface area contributed by atoms with Crippen LogP contribution in [0.3, 0.4) is 0 Å². The molecule has 7 heteroatoms. The van der Waals surface area contributed by atoms with Gasteiger partial charge >= 0.3 is 0 Å². The summed E-state index contributed by atoms with van der Waals surface area (Å²) < 4.78 is 1.54. The normalized spacial score (nSPS) is 12.1. The van der Waals surface area contributed by atoms with E-state index < -0.39 is 4.92 Å². The van der Waals surface area contributed by atoms with Crippen LogP contribution < -0.4 is 5.56 Å². The van der Waals surface area contributed by atoms with Gasteiger partial charge < -0.3 is 4.57 Å². The summed E-state index contributed by atoms with van der Waals surface area (Å²) in [5.74, 6) is 0.540. The van der Waals surface area contributed by atoms with Crippen molar-refractivity contribution in [1.82, 2.24) is 4.57 Å². The zero-order valence-electron chi connectivity index (χ0n) is 11.0. The van der Waals surface area contributed by atoms with Gasteiger partial charge in [-0.05, 0) is 27.2 Å². The fourth-order valence-corrected chi connectivity index (χ4v) is 2.84. The number of hydrogen-bond donors (Lipinski definition) is 1. The first-order valence-corrected chi connectivity index (χ1v) is 7.65. The Morgan fingerprint density at radius 1 is 1.33 bits per heavy atom. The van der Waals surface area contributed by atoms with Crippen molar-refractivity contribution in [2.75, 3.05) is 5.75 Å². The maximum atomic E-state index is 12.1. The molecule has 0 N–H and O–H groups in total. The molecule has 0 spiro atoms. The topological polar surface area (TPSA) is 65.1 Å². The molecule has 1 heterocycles. The average Bonchev–Trinajstić information content (AvgIpc) is 2.49. The van der Waals surface area contributed by atoms with E-state index >= 15 is 0 Å². The van der Waals surface area contributed by atoms with Crippen LogP contribution in [0, 0.1) is 10.1 Å². The number of halogens is 1. The van der Waals surface area contributed by atoms with Crippen LogP contribution in [0.1, 0.15) is 11.5 Å². The molecule has 0 saturated heterocycles. The van der Waals surface area contributed by atoms with Crippen LogP contribution in [0.4, 0.5) is 5.69 Å². The van der Waals surface area contributed by atoms with Gasteiger partial charge in [-0.15, -0.1) is 0 Å². The Bertz CT molecular complexity index is 703. The molecule has 0 aliphatic rings. The average molecular weight is 369 g/mol. The fraction of sp³-hybridized carbons (Fsp3) is 0.214. The van der Waals surface area contributed by atoms with Gasteiger partial charge in [0.05, 0.1) is 15.6 Å². The van der Waals surface area contributed by atoms with Gasteiger partial charge in [-0.1, -0.05) is 30.3 Å². The van der Waals surface area contributed by atoms with Crippen molar-refractivity contribution in [3.63, 3.8) is 0 Å². The molecule has 5 nitrogen and oxygen atoms in total. The summed E-state index contributed by atoms with van der Waals surface area (Å²) >= 11 is 7.40. The zero-order valence-corrected chi connectivity index (χ0v) is 13.5. The van der Waals surface area contributed by atoms with Crippen LogP contribution >= 0.6 is 28.6 Å². The summed E-state index contributed by atoms with van der Waals surface area (Å²) in [6.07, 6.45) is 1.27. The third kappa shape index (κ3) is 3.74. The smallest absolute Gasteiger partial charge is 0.286 e. The number of pyridine rings is 1. The molecule has 0 aliphatic heterocycles. The van der Waals surface area contributed by atoms with Crippen LogP contribution in [-0.4, -0.2) is 15.2 Å². The summed E-state index contributed by atoms with van der Waals surface area (Å²) in [5, 5.41) is 10.9. The van der Waals surface area contributed by atoms with Crippen LogP contribution in [0.5, 0.6) is 0 Å². The highest BCUT2D eigenvalue weighted by Gasteiger charge is 2.16. The lowest BCUT2D eigenvalue weighted by atomic mass is 10.0. The standard InChI is InChI=1S/C14H13BrN2O3S/c15-13-6-12(17(19)20)8-16(14(13)18)7-11(9-21)10-4-2-1-3-5-10/h1-6,8,11,21H,7,9H2. The molecule has 0 amide bonds. The predicted molar refractivity (Wildman–Crippen MR) is 88.1 cm³/mol. The Labute approximate surface area is 135 Å². The second kappa shape index (κ2) is 6.91. The van der Waals surface area contributed by atoms with E-state index in [0.717, 1.165) is 5.56 Å². The minimum Gasteiger partial charge on any atom is -0.307 e. The molecule has 0 radical (unpaired) electrons. The Hall–Kier alpha value is -1.60. The lowest BCUT2D eigenvalue weighted by Crippen LogP contribution is -2.24. The van der Waals surface area contributed by atoms with Crippen molar-refractivity contribution in [2.45, 2.75) is 12.5 Å². The first-order valence-electron chi connectivity index (χ1n) is 6.23. The largest absolute Gasteiger partial charge is 0.307 e. The molecule has 1 aromatic carbocycles. The van der Waals surface area contributed by atoms with Gasteiger partial charge in [-0.3, -0.25) is 14.9 Å². The van der Waals surface area contributed by atoms with Crippen LogP contribution in [0.2, 0.25) is 0 Å². The van der Waals surface area contributed by atoms with E-state index in [4.69, 9.17) is 0 Å². The molecule has 2 rings (SSSR count). The second-order valence-corrected chi connectivity index (χ2v) is 5.77. The van der Waals surface area contributed by atoms with E-state index in [-0.39, 0.29) is 21.6 Å². The number of benzene rings is 1. The summed E-state index contributed by atoms with van der Waals surface area (Å²) in [6, 6.07) is 10.9. The first-order chi connectivity index (χ1) is 10.0. The Kier molecular flexibility index (Phi) is 5.19. The lowest BCUT2D eigenvalue weighted by Gasteiger charge is -2.16. The number of aromatic nitrogens is 1. The molecule has 21 heavy (non-hydrogen) atoms. The van der Waals surface area contributed by atoms with Crippen LogP contribution in [-0.2, 0) is 6.54 Å². The van der Waals surface area contributed by atoms with Gasteiger partial charge in [0.1, 0.15) is 0 Å². The monoisotopic (exact) mass is 368 g/mol. The van der Waals surface area contributed by atoms with E-state index in [1.807, 2.05) is 30.3 Å². The SMILES string of the molecule is O=c1c(Br)cc([N+](=O)[O-])cn1CC(CS)c1ccccc1. The zero-order chi connectivity index (χ0) is 15.4. The van der Waals surface area contributed by atoms with Crippen LogP contribution in [0.15, 0.2) is 51.9 Å². The van der Waals surface area contributed by atoms with Crippen LogP contribution in [0.25, 0.3) is 0 Å². The van der Waals surface area contributed by atoms with Gasteiger partial charge in [0.15, 0.2) is 0 Å². The minimum absolute atomic E-state index is 0.00105. The molecule has 1 unspecified atom stereocenters. The molecule has 0 bridgehead atoms. The van der Waals surface area contributed by atoms with Crippen molar-refractivity contribution in [2.24, 2.45) is 0 Å². The minimum atomic E-state index is -0.515. The lowest BCUT2D eigenvalue weighted by molar-refractivity contribution is -0.385. The van der Waals surface area contributed by atoms with Crippen molar-refractivity contribution in [3.05, 3.63) is 73.1 Å². The first kappa shape index (κ1) is 15.8. The highest BCUT2D eigenvalue weighted by molar-refractivity contribution is 9.10. The van der Waals surface area contributed by atoms with E-state index in [1.165, 1.54) is 16.8 Å². The molecule has 1 aromatic heterocycles. The molecule has 0 fully saturated rings. The summed E-state index contributed by atoms with van der Waals surface area (Å²) in [6.45, 7) is 0.340. The Morgan fingerprint density at radius 3 is 2.57 bits per heavy atom. The van der Waals surface area contributed by atoms with Crippen molar-refractivity contribution in [3.8, 4) is 0 Å². The van der Waals surface area contributed by atoms with Gasteiger partial charge in [0.25, 0.3) is 11.2 Å². The van der Waals surface area contributed by atoms with Crippen molar-refractivity contribution < 1.29 is 4.92 Å². The molecule has 2 aromatic rings. The number of nitrogens with zero attached hydrogens (tertiary/aromatic N) is 2. The third-order valence-corrected chi connectivity index (χ3v) is 4.16. The summed E-state index contributed by atoms with van der Waals surface area (Å²) in [7, 11) is 0. The van der Waals surface area contributed by atoms with Gasteiger partial charge in [-0.2, -0.15) is 12.6 Å². The van der Waals surface area contributed by atoms with E-state index in [0.29, 0.717) is 12.3 Å². The molecule has 0 aliphatic carbocycles. The summed E-state index contributed by atoms with van der Waals surface area (Å²) in [5.41, 5.74) is 0.637. The predicted octanol–water partition coefficient (Wildman–Crippen LogP) is 3.23. The molecule has 1 atom stereocenters. The Morgan fingerprint density at radius 2 is 2.00 bits per heavy atom. The van der Waals surface area contributed by atoms with E-state index in [2.05, 4.69) is 28.6 Å². The number of nitro groups is 1. The molecule has 0 saturated carbocycles. The van der Waals surface area contributed by atoms with Gasteiger partial charge in [0.2, 0.25) is 0 Å². The third-order valence-electron chi connectivity index (χ3n) is 3.15. The maximum Gasteiger partial charge on any atom is 0.286 e. The Balaban J connectivity index is 2.38. The van der Waals surface area contributed by atoms with Gasteiger partial charge in [-0.25, -0.2) is 0 Å². The number of thiol groups is 1. The highest BCUT2D eigenvalue weighted by Crippen LogP contribution is 2.21. The van der Waals surface area contributed by atoms with Crippen molar-refractivity contribution >= 4 is 34.2 Å².